The lowest BCUT2D eigenvalue weighted by Crippen LogP contribution is -2.36. The number of carbonyl (C=O) groups excluding carboxylic acids is 1. The van der Waals surface area contributed by atoms with Gasteiger partial charge in [0, 0.05) is 26.2 Å². The molecule has 0 bridgehead atoms. The van der Waals surface area contributed by atoms with Gasteiger partial charge < -0.3 is 4.90 Å². The molecule has 0 radical (unpaired) electrons. The van der Waals surface area contributed by atoms with E-state index in [2.05, 4.69) is 32.0 Å². The number of nitrogens with zero attached hydrogens (tertiary/aromatic N) is 5. The molecule has 1 atom stereocenters. The molecule has 6 nitrogen and oxygen atoms in total. The van der Waals surface area contributed by atoms with Gasteiger partial charge in [-0.1, -0.05) is 5.21 Å². The first-order valence-electron chi connectivity index (χ1n) is 9.24. The maximum Gasteiger partial charge on any atom is 0.276 e. The Morgan fingerprint density at radius 1 is 1.20 bits per heavy atom. The van der Waals surface area contributed by atoms with E-state index in [9.17, 15) is 4.79 Å². The summed E-state index contributed by atoms with van der Waals surface area (Å²) < 4.78 is 1.91. The number of amides is 1. The van der Waals surface area contributed by atoms with Crippen molar-refractivity contribution in [3.63, 3.8) is 0 Å². The summed E-state index contributed by atoms with van der Waals surface area (Å²) >= 11 is 1.75. The molecule has 0 N–H and O–H groups in total. The Hall–Kier alpha value is -1.73. The largest absolute Gasteiger partial charge is 0.337 e. The minimum absolute atomic E-state index is 0.0388. The van der Waals surface area contributed by atoms with E-state index in [4.69, 9.17) is 0 Å². The fraction of sp³-hybridized carbons (Fsp3) is 0.611. The third-order valence-corrected chi connectivity index (χ3v) is 5.95. The van der Waals surface area contributed by atoms with Crippen molar-refractivity contribution in [2.45, 2.75) is 44.7 Å². The van der Waals surface area contributed by atoms with Gasteiger partial charge in [-0.05, 0) is 61.0 Å². The highest BCUT2D eigenvalue weighted by Crippen LogP contribution is 2.23. The van der Waals surface area contributed by atoms with E-state index in [1.54, 1.807) is 11.3 Å². The van der Waals surface area contributed by atoms with E-state index in [0.29, 0.717) is 11.7 Å². The predicted octanol–water partition coefficient (Wildman–Crippen LogP) is 2.80. The highest BCUT2D eigenvalue weighted by molar-refractivity contribution is 7.07. The average Bonchev–Trinajstić information content (AvgIpc) is 3.34. The molecule has 1 amide bonds. The van der Waals surface area contributed by atoms with Crippen LogP contribution in [-0.4, -0.2) is 56.9 Å². The third kappa shape index (κ3) is 3.93. The van der Waals surface area contributed by atoms with Crippen LogP contribution in [0.4, 0.5) is 0 Å². The zero-order chi connectivity index (χ0) is 17.1. The Kier molecular flexibility index (Phi) is 5.12. The summed E-state index contributed by atoms with van der Waals surface area (Å²) in [6.07, 6.45) is 7.53. The van der Waals surface area contributed by atoms with Gasteiger partial charge >= 0.3 is 0 Å². The van der Waals surface area contributed by atoms with Gasteiger partial charge in [0.1, 0.15) is 0 Å². The summed E-state index contributed by atoms with van der Waals surface area (Å²) in [5.41, 5.74) is 1.88. The zero-order valence-electron chi connectivity index (χ0n) is 14.5. The Labute approximate surface area is 152 Å². The Morgan fingerprint density at radius 2 is 2.08 bits per heavy atom. The first kappa shape index (κ1) is 16.7. The van der Waals surface area contributed by atoms with Crippen LogP contribution in [0.15, 0.2) is 23.0 Å². The van der Waals surface area contributed by atoms with Gasteiger partial charge in [0.05, 0.1) is 12.2 Å². The maximum absolute atomic E-state index is 12.6. The van der Waals surface area contributed by atoms with Crippen LogP contribution in [0.3, 0.4) is 0 Å². The third-order valence-electron chi connectivity index (χ3n) is 5.21. The van der Waals surface area contributed by atoms with Crippen molar-refractivity contribution in [3.05, 3.63) is 34.3 Å². The highest BCUT2D eigenvalue weighted by atomic mass is 32.1. The van der Waals surface area contributed by atoms with E-state index in [1.165, 1.54) is 12.0 Å². The van der Waals surface area contributed by atoms with Crippen LogP contribution in [0.2, 0.25) is 0 Å². The van der Waals surface area contributed by atoms with Gasteiger partial charge in [-0.15, -0.1) is 5.10 Å². The standard InChI is InChI=1S/C18H25N5OS/c24-18(22-8-2-1-3-9-22)17-13-23(20-19-17)16-5-4-7-21(12-16)11-15-6-10-25-14-15/h6,10,13-14,16H,1-5,7-9,11-12H2. The number of carbonyl (C=O) groups is 1. The molecule has 7 heteroatoms. The number of hydrogen-bond donors (Lipinski definition) is 0. The normalized spacial score (nSPS) is 22.2. The lowest BCUT2D eigenvalue weighted by molar-refractivity contribution is 0.0718. The molecule has 4 heterocycles. The van der Waals surface area contributed by atoms with Gasteiger partial charge in [-0.25, -0.2) is 4.68 Å². The van der Waals surface area contributed by atoms with Crippen LogP contribution in [0.5, 0.6) is 0 Å². The molecule has 4 rings (SSSR count). The lowest BCUT2D eigenvalue weighted by atomic mass is 10.1. The topological polar surface area (TPSA) is 54.3 Å². The molecule has 2 aromatic rings. The predicted molar refractivity (Wildman–Crippen MR) is 97.6 cm³/mol. The SMILES string of the molecule is O=C(c1cn(C2CCCN(Cc3ccsc3)C2)nn1)N1CCCCC1. The van der Waals surface area contributed by atoms with Crippen LogP contribution in [0.1, 0.15) is 54.2 Å². The van der Waals surface area contributed by atoms with Crippen molar-refractivity contribution in [2.24, 2.45) is 0 Å². The number of thiophene rings is 1. The van der Waals surface area contributed by atoms with Crippen molar-refractivity contribution >= 4 is 17.2 Å². The molecular weight excluding hydrogens is 334 g/mol. The molecule has 134 valence electrons. The van der Waals surface area contributed by atoms with Crippen LogP contribution < -0.4 is 0 Å². The fourth-order valence-corrected chi connectivity index (χ4v) is 4.50. The molecule has 1 unspecified atom stereocenters. The van der Waals surface area contributed by atoms with Crippen molar-refractivity contribution < 1.29 is 4.79 Å². The van der Waals surface area contributed by atoms with Crippen molar-refractivity contribution in [3.8, 4) is 0 Å². The summed E-state index contributed by atoms with van der Waals surface area (Å²) in [6, 6.07) is 2.50. The van der Waals surface area contributed by atoms with Gasteiger partial charge in [-0.2, -0.15) is 11.3 Å². The molecule has 0 aliphatic carbocycles. The van der Waals surface area contributed by atoms with Crippen molar-refractivity contribution in [1.82, 2.24) is 24.8 Å². The minimum Gasteiger partial charge on any atom is -0.337 e. The number of piperidine rings is 2. The Morgan fingerprint density at radius 3 is 2.88 bits per heavy atom. The first-order valence-corrected chi connectivity index (χ1v) is 10.2. The van der Waals surface area contributed by atoms with E-state index in [0.717, 1.165) is 58.4 Å². The van der Waals surface area contributed by atoms with Gasteiger partial charge in [-0.3, -0.25) is 9.69 Å². The molecule has 2 aliphatic heterocycles. The molecule has 0 spiro atoms. The van der Waals surface area contributed by atoms with Gasteiger partial charge in [0.15, 0.2) is 5.69 Å². The van der Waals surface area contributed by atoms with E-state index in [1.807, 2.05) is 15.8 Å². The number of rotatable bonds is 4. The van der Waals surface area contributed by atoms with Crippen LogP contribution in [-0.2, 0) is 6.54 Å². The minimum atomic E-state index is 0.0388. The Bertz CT molecular complexity index is 692. The van der Waals surface area contributed by atoms with Gasteiger partial charge in [0.25, 0.3) is 5.91 Å². The van der Waals surface area contributed by atoms with Crippen molar-refractivity contribution in [2.75, 3.05) is 26.2 Å². The summed E-state index contributed by atoms with van der Waals surface area (Å²) in [5.74, 6) is 0.0388. The molecular formula is C18H25N5OS. The smallest absolute Gasteiger partial charge is 0.276 e. The average molecular weight is 359 g/mol. The van der Waals surface area contributed by atoms with E-state index in [-0.39, 0.29) is 5.91 Å². The fourth-order valence-electron chi connectivity index (χ4n) is 3.84. The molecule has 2 saturated heterocycles. The summed E-state index contributed by atoms with van der Waals surface area (Å²) in [6.45, 7) is 4.79. The van der Waals surface area contributed by atoms with E-state index < -0.39 is 0 Å². The monoisotopic (exact) mass is 359 g/mol. The molecule has 0 saturated carbocycles. The lowest BCUT2D eigenvalue weighted by Gasteiger charge is -2.32. The molecule has 2 fully saturated rings. The molecule has 2 aliphatic rings. The van der Waals surface area contributed by atoms with E-state index >= 15 is 0 Å². The quantitative estimate of drug-likeness (QED) is 0.842. The van der Waals surface area contributed by atoms with Gasteiger partial charge in [0.2, 0.25) is 0 Å². The number of likely N-dealkylation sites (tertiary alicyclic amines) is 2. The maximum atomic E-state index is 12.6. The number of aromatic nitrogens is 3. The summed E-state index contributed by atoms with van der Waals surface area (Å²) in [5, 5.41) is 12.8. The Balaban J connectivity index is 1.39. The van der Waals surface area contributed by atoms with Crippen LogP contribution in [0, 0.1) is 0 Å². The second kappa shape index (κ2) is 7.66. The highest BCUT2D eigenvalue weighted by Gasteiger charge is 2.25. The number of hydrogen-bond acceptors (Lipinski definition) is 5. The molecule has 2 aromatic heterocycles. The second-order valence-electron chi connectivity index (χ2n) is 7.10. The second-order valence-corrected chi connectivity index (χ2v) is 7.88. The van der Waals surface area contributed by atoms with Crippen LogP contribution >= 0.6 is 11.3 Å². The van der Waals surface area contributed by atoms with Crippen molar-refractivity contribution in [1.29, 1.82) is 0 Å². The molecule has 25 heavy (non-hydrogen) atoms. The summed E-state index contributed by atoms with van der Waals surface area (Å²) in [7, 11) is 0. The molecule has 0 aromatic carbocycles. The summed E-state index contributed by atoms with van der Waals surface area (Å²) in [4.78, 5) is 17.0. The zero-order valence-corrected chi connectivity index (χ0v) is 15.3. The first-order chi connectivity index (χ1) is 12.3. The van der Waals surface area contributed by atoms with Crippen LogP contribution in [0.25, 0.3) is 0 Å².